The smallest absolute Gasteiger partial charge is 0.248 e. The first kappa shape index (κ1) is 20.7. The molecule has 0 radical (unpaired) electrons. The number of rotatable bonds is 5. The Labute approximate surface area is 171 Å². The third-order valence-electron chi connectivity index (χ3n) is 4.10. The number of nitrogens with zero attached hydrogens (tertiary/aromatic N) is 1. The molecule has 9 heteroatoms. The summed E-state index contributed by atoms with van der Waals surface area (Å²) in [4.78, 5) is 12.2. The zero-order valence-electron chi connectivity index (χ0n) is 14.8. The lowest BCUT2D eigenvalue weighted by atomic mass is 10.2. The van der Waals surface area contributed by atoms with Crippen LogP contribution in [0.25, 0.3) is 6.08 Å². The van der Waals surface area contributed by atoms with Crippen molar-refractivity contribution >= 4 is 43.6 Å². The Balaban J connectivity index is 1.65. The zero-order chi connectivity index (χ0) is 20.1. The van der Waals surface area contributed by atoms with Crippen molar-refractivity contribution in [3.63, 3.8) is 0 Å². The molecule has 0 saturated carbocycles. The number of hydrogen-bond donors (Lipinski definition) is 1. The van der Waals surface area contributed by atoms with E-state index in [0.717, 1.165) is 0 Å². The predicted octanol–water partition coefficient (Wildman–Crippen LogP) is 3.26. The van der Waals surface area contributed by atoms with Crippen molar-refractivity contribution in [1.82, 2.24) is 4.31 Å². The Morgan fingerprint density at radius 2 is 1.82 bits per heavy atom. The maximum Gasteiger partial charge on any atom is 0.248 e. The van der Waals surface area contributed by atoms with E-state index in [4.69, 9.17) is 4.74 Å². The molecule has 1 aliphatic heterocycles. The lowest BCUT2D eigenvalue weighted by Crippen LogP contribution is -2.40. The molecule has 6 nitrogen and oxygen atoms in total. The fraction of sp³-hybridized carbons (Fsp3) is 0.211. The summed E-state index contributed by atoms with van der Waals surface area (Å²) in [5, 5.41) is 2.63. The summed E-state index contributed by atoms with van der Waals surface area (Å²) < 4.78 is 45.3. The van der Waals surface area contributed by atoms with Crippen molar-refractivity contribution < 1.29 is 22.3 Å². The second-order valence-corrected chi connectivity index (χ2v) is 8.82. The molecule has 28 heavy (non-hydrogen) atoms. The molecule has 0 bridgehead atoms. The molecule has 0 unspecified atom stereocenters. The van der Waals surface area contributed by atoms with Crippen LogP contribution in [0.5, 0.6) is 0 Å². The van der Waals surface area contributed by atoms with Gasteiger partial charge in [-0.3, -0.25) is 4.79 Å². The normalized spacial score (nSPS) is 15.6. The van der Waals surface area contributed by atoms with Crippen LogP contribution in [0.2, 0.25) is 0 Å². The number of sulfonamides is 1. The molecule has 0 aliphatic carbocycles. The topological polar surface area (TPSA) is 75.7 Å². The van der Waals surface area contributed by atoms with Gasteiger partial charge in [0.2, 0.25) is 15.9 Å². The summed E-state index contributed by atoms with van der Waals surface area (Å²) in [6.45, 7) is 1.45. The van der Waals surface area contributed by atoms with Gasteiger partial charge in [0.25, 0.3) is 0 Å². The molecule has 3 rings (SSSR count). The van der Waals surface area contributed by atoms with Crippen molar-refractivity contribution in [1.29, 1.82) is 0 Å². The Bertz CT molecular complexity index is 987. The predicted molar refractivity (Wildman–Crippen MR) is 108 cm³/mol. The standard InChI is InChI=1S/C19H18BrFN2O4S/c20-17-13-15(21)4-7-18(17)22-19(24)8-3-14-1-5-16(6-2-14)28(25,26)23-9-11-27-12-10-23/h1-8,13H,9-12H2,(H,22,24)/b8-3+. The van der Waals surface area contributed by atoms with Gasteiger partial charge >= 0.3 is 0 Å². The number of anilines is 1. The van der Waals surface area contributed by atoms with Gasteiger partial charge in [-0.1, -0.05) is 12.1 Å². The van der Waals surface area contributed by atoms with Gasteiger partial charge in [0.05, 0.1) is 23.8 Å². The summed E-state index contributed by atoms with van der Waals surface area (Å²) in [6.07, 6.45) is 2.89. The summed E-state index contributed by atoms with van der Waals surface area (Å²) in [5.41, 5.74) is 1.12. The quantitative estimate of drug-likeness (QED) is 0.683. The van der Waals surface area contributed by atoms with E-state index in [1.807, 2.05) is 0 Å². The van der Waals surface area contributed by atoms with Gasteiger partial charge in [0, 0.05) is 23.6 Å². The van der Waals surface area contributed by atoms with E-state index in [1.54, 1.807) is 18.2 Å². The summed E-state index contributed by atoms with van der Waals surface area (Å²) in [6, 6.07) is 10.2. The van der Waals surface area contributed by atoms with Crippen LogP contribution < -0.4 is 5.32 Å². The van der Waals surface area contributed by atoms with Gasteiger partial charge in [0.15, 0.2) is 0 Å². The number of carbonyl (C=O) groups is 1. The Morgan fingerprint density at radius 1 is 1.14 bits per heavy atom. The van der Waals surface area contributed by atoms with Crippen LogP contribution in [0, 0.1) is 5.82 Å². The van der Waals surface area contributed by atoms with Crippen LogP contribution in [-0.2, 0) is 19.6 Å². The van der Waals surface area contributed by atoms with Gasteiger partial charge in [-0.2, -0.15) is 4.31 Å². The first-order chi connectivity index (χ1) is 13.4. The molecule has 0 atom stereocenters. The number of ether oxygens (including phenoxy) is 1. The molecule has 1 amide bonds. The second-order valence-electron chi connectivity index (χ2n) is 6.03. The molecule has 0 spiro atoms. The Kier molecular flexibility index (Phi) is 6.61. The van der Waals surface area contributed by atoms with Crippen LogP contribution in [0.1, 0.15) is 5.56 Å². The SMILES string of the molecule is O=C(/C=C/c1ccc(S(=O)(=O)N2CCOCC2)cc1)Nc1ccc(F)cc1Br. The van der Waals surface area contributed by atoms with Gasteiger partial charge in [0.1, 0.15) is 5.82 Å². The first-order valence-corrected chi connectivity index (χ1v) is 10.7. The van der Waals surface area contributed by atoms with E-state index in [-0.39, 0.29) is 4.90 Å². The summed E-state index contributed by atoms with van der Waals surface area (Å²) in [7, 11) is -3.54. The van der Waals surface area contributed by atoms with Gasteiger partial charge in [-0.05, 0) is 57.9 Å². The molecule has 2 aromatic rings. The average molecular weight is 469 g/mol. The van der Waals surface area contributed by atoms with Gasteiger partial charge in [-0.15, -0.1) is 0 Å². The average Bonchev–Trinajstić information content (AvgIpc) is 2.69. The van der Waals surface area contributed by atoms with Crippen molar-refractivity contribution in [2.75, 3.05) is 31.6 Å². The molecule has 1 N–H and O–H groups in total. The van der Waals surface area contributed by atoms with Crippen LogP contribution in [0.3, 0.4) is 0 Å². The van der Waals surface area contributed by atoms with Crippen LogP contribution in [0.4, 0.5) is 10.1 Å². The highest BCUT2D eigenvalue weighted by atomic mass is 79.9. The van der Waals surface area contributed by atoms with Crippen molar-refractivity contribution in [2.45, 2.75) is 4.90 Å². The van der Waals surface area contributed by atoms with E-state index in [9.17, 15) is 17.6 Å². The molecule has 1 heterocycles. The minimum absolute atomic E-state index is 0.200. The number of morpholine rings is 1. The highest BCUT2D eigenvalue weighted by Crippen LogP contribution is 2.23. The number of carbonyl (C=O) groups excluding carboxylic acids is 1. The second kappa shape index (κ2) is 8.95. The van der Waals surface area contributed by atoms with E-state index in [2.05, 4.69) is 21.2 Å². The molecule has 1 fully saturated rings. The minimum atomic E-state index is -3.54. The molecule has 0 aromatic heterocycles. The third-order valence-corrected chi connectivity index (χ3v) is 6.67. The van der Waals surface area contributed by atoms with Crippen LogP contribution >= 0.6 is 15.9 Å². The number of halogens is 2. The molecular weight excluding hydrogens is 451 g/mol. The van der Waals surface area contributed by atoms with Gasteiger partial charge < -0.3 is 10.1 Å². The number of benzene rings is 2. The third kappa shape index (κ3) is 5.05. The molecule has 1 saturated heterocycles. The molecule has 2 aromatic carbocycles. The largest absolute Gasteiger partial charge is 0.379 e. The van der Waals surface area contributed by atoms with E-state index >= 15 is 0 Å². The summed E-state index contributed by atoms with van der Waals surface area (Å²) >= 11 is 3.18. The maximum absolute atomic E-state index is 13.1. The number of hydrogen-bond acceptors (Lipinski definition) is 4. The molecule has 148 valence electrons. The van der Waals surface area contributed by atoms with Crippen molar-refractivity contribution in [3.05, 3.63) is 64.4 Å². The lowest BCUT2D eigenvalue weighted by Gasteiger charge is -2.26. The fourth-order valence-electron chi connectivity index (χ4n) is 2.62. The maximum atomic E-state index is 13.1. The van der Waals surface area contributed by atoms with Crippen LogP contribution in [-0.4, -0.2) is 44.9 Å². The van der Waals surface area contributed by atoms with E-state index in [1.165, 1.54) is 40.7 Å². The number of nitrogens with one attached hydrogen (secondary N) is 1. The Hall–Kier alpha value is -2.07. The Morgan fingerprint density at radius 3 is 2.46 bits per heavy atom. The van der Waals surface area contributed by atoms with Crippen molar-refractivity contribution in [3.8, 4) is 0 Å². The van der Waals surface area contributed by atoms with Crippen molar-refractivity contribution in [2.24, 2.45) is 0 Å². The molecule has 1 aliphatic rings. The van der Waals surface area contributed by atoms with E-state index < -0.39 is 21.7 Å². The van der Waals surface area contributed by atoms with E-state index in [0.29, 0.717) is 42.0 Å². The highest BCUT2D eigenvalue weighted by molar-refractivity contribution is 9.10. The summed E-state index contributed by atoms with van der Waals surface area (Å²) in [5.74, 6) is -0.801. The van der Waals surface area contributed by atoms with Crippen LogP contribution in [0.15, 0.2) is 57.9 Å². The monoisotopic (exact) mass is 468 g/mol. The minimum Gasteiger partial charge on any atom is -0.379 e. The van der Waals surface area contributed by atoms with Gasteiger partial charge in [-0.25, -0.2) is 12.8 Å². The first-order valence-electron chi connectivity index (χ1n) is 8.48. The fourth-order valence-corrected chi connectivity index (χ4v) is 4.48. The number of amides is 1. The zero-order valence-corrected chi connectivity index (χ0v) is 17.2. The highest BCUT2D eigenvalue weighted by Gasteiger charge is 2.25. The lowest BCUT2D eigenvalue weighted by molar-refractivity contribution is -0.111. The molecular formula is C19H18BrFN2O4S.